The van der Waals surface area contributed by atoms with Crippen LogP contribution >= 0.6 is 11.3 Å². The second-order valence-corrected chi connectivity index (χ2v) is 6.07. The fourth-order valence-corrected chi connectivity index (χ4v) is 3.58. The first-order valence-electron chi connectivity index (χ1n) is 5.95. The summed E-state index contributed by atoms with van der Waals surface area (Å²) in [7, 11) is 2.10. The molecule has 1 nitrogen and oxygen atoms in total. The van der Waals surface area contributed by atoms with Crippen molar-refractivity contribution >= 4 is 11.3 Å². The van der Waals surface area contributed by atoms with E-state index in [0.29, 0.717) is 6.04 Å². The zero-order chi connectivity index (χ0) is 10.8. The Morgan fingerprint density at radius 2 is 2.20 bits per heavy atom. The average Bonchev–Trinajstić information content (AvgIpc) is 2.44. The predicted molar refractivity (Wildman–Crippen MR) is 67.6 cm³/mol. The molecule has 0 spiro atoms. The van der Waals surface area contributed by atoms with Gasteiger partial charge < -0.3 is 5.32 Å². The summed E-state index contributed by atoms with van der Waals surface area (Å²) in [4.78, 5) is 3.00. The lowest BCUT2D eigenvalue weighted by molar-refractivity contribution is 0.267. The number of aryl methyl sites for hydroxylation is 2. The molecule has 1 aliphatic carbocycles. The van der Waals surface area contributed by atoms with Crippen LogP contribution in [0.5, 0.6) is 0 Å². The molecule has 1 N–H and O–H groups in total. The molecule has 0 aromatic carbocycles. The summed E-state index contributed by atoms with van der Waals surface area (Å²) >= 11 is 1.96. The van der Waals surface area contributed by atoms with Crippen molar-refractivity contribution in [1.29, 1.82) is 0 Å². The van der Waals surface area contributed by atoms with Gasteiger partial charge >= 0.3 is 0 Å². The number of nitrogens with one attached hydrogen (secondary N) is 1. The van der Waals surface area contributed by atoms with Gasteiger partial charge in [0, 0.05) is 15.8 Å². The van der Waals surface area contributed by atoms with Gasteiger partial charge in [-0.05, 0) is 44.9 Å². The van der Waals surface area contributed by atoms with Gasteiger partial charge in [0.1, 0.15) is 0 Å². The minimum atomic E-state index is 0.592. The molecular weight excluding hydrogens is 202 g/mol. The molecule has 15 heavy (non-hydrogen) atoms. The van der Waals surface area contributed by atoms with Crippen molar-refractivity contribution in [3.8, 4) is 0 Å². The van der Waals surface area contributed by atoms with Gasteiger partial charge in [-0.15, -0.1) is 11.3 Å². The Labute approximate surface area is 96.9 Å². The molecular formula is C13H21NS. The molecule has 1 heterocycles. The van der Waals surface area contributed by atoms with Gasteiger partial charge in [-0.2, -0.15) is 0 Å². The Balaban J connectivity index is 2.07. The van der Waals surface area contributed by atoms with Crippen LogP contribution in [0.1, 0.15) is 47.0 Å². The van der Waals surface area contributed by atoms with Crippen molar-refractivity contribution in [1.82, 2.24) is 5.32 Å². The van der Waals surface area contributed by atoms with Gasteiger partial charge in [-0.3, -0.25) is 0 Å². The van der Waals surface area contributed by atoms with Crippen LogP contribution in [0, 0.1) is 19.8 Å². The third-order valence-corrected chi connectivity index (χ3v) is 4.80. The molecule has 0 saturated heterocycles. The molecule has 1 aromatic heterocycles. The van der Waals surface area contributed by atoms with E-state index < -0.39 is 0 Å². The molecule has 0 aliphatic heterocycles. The van der Waals surface area contributed by atoms with Crippen molar-refractivity contribution in [3.05, 3.63) is 21.4 Å². The molecule has 2 heteroatoms. The van der Waals surface area contributed by atoms with Crippen molar-refractivity contribution in [2.75, 3.05) is 7.05 Å². The first-order valence-corrected chi connectivity index (χ1v) is 6.76. The first kappa shape index (κ1) is 11.2. The van der Waals surface area contributed by atoms with Crippen LogP contribution in [-0.4, -0.2) is 7.05 Å². The fraction of sp³-hybridized carbons (Fsp3) is 0.692. The van der Waals surface area contributed by atoms with E-state index in [4.69, 9.17) is 0 Å². The quantitative estimate of drug-likeness (QED) is 0.818. The SMILES string of the molecule is CNC(CC1CCC1)c1sc(C)cc1C. The zero-order valence-electron chi connectivity index (χ0n) is 9.97. The van der Waals surface area contributed by atoms with Crippen molar-refractivity contribution in [2.45, 2.75) is 45.6 Å². The van der Waals surface area contributed by atoms with Crippen LogP contribution in [0.3, 0.4) is 0 Å². The van der Waals surface area contributed by atoms with Crippen molar-refractivity contribution in [2.24, 2.45) is 5.92 Å². The highest BCUT2D eigenvalue weighted by Gasteiger charge is 2.23. The van der Waals surface area contributed by atoms with Crippen LogP contribution in [0.2, 0.25) is 0 Å². The summed E-state index contributed by atoms with van der Waals surface area (Å²) in [6.07, 6.45) is 5.67. The third kappa shape index (κ3) is 2.43. The standard InChI is InChI=1S/C13H21NS/c1-9-7-10(2)15-13(9)12(14-3)8-11-5-4-6-11/h7,11-12,14H,4-6,8H2,1-3H3. The van der Waals surface area contributed by atoms with E-state index in [2.05, 4.69) is 32.3 Å². The fourth-order valence-electron chi connectivity index (χ4n) is 2.42. The number of thiophene rings is 1. The normalized spacial score (nSPS) is 18.9. The van der Waals surface area contributed by atoms with Crippen LogP contribution < -0.4 is 5.32 Å². The Morgan fingerprint density at radius 3 is 2.60 bits per heavy atom. The van der Waals surface area contributed by atoms with E-state index in [1.807, 2.05) is 11.3 Å². The van der Waals surface area contributed by atoms with Crippen LogP contribution in [0.15, 0.2) is 6.07 Å². The molecule has 1 aliphatic rings. The maximum absolute atomic E-state index is 3.48. The molecule has 1 atom stereocenters. The maximum atomic E-state index is 3.48. The van der Waals surface area contributed by atoms with Crippen LogP contribution in [0.25, 0.3) is 0 Å². The molecule has 0 amide bonds. The Bertz CT molecular complexity index is 325. The molecule has 1 saturated carbocycles. The highest BCUT2D eigenvalue weighted by molar-refractivity contribution is 7.12. The van der Waals surface area contributed by atoms with Gasteiger partial charge in [0.25, 0.3) is 0 Å². The maximum Gasteiger partial charge on any atom is 0.0417 e. The highest BCUT2D eigenvalue weighted by Crippen LogP contribution is 2.37. The zero-order valence-corrected chi connectivity index (χ0v) is 10.8. The topological polar surface area (TPSA) is 12.0 Å². The number of hydrogen-bond donors (Lipinski definition) is 1. The summed E-state index contributed by atoms with van der Waals surface area (Å²) < 4.78 is 0. The second kappa shape index (κ2) is 4.67. The summed E-state index contributed by atoms with van der Waals surface area (Å²) in [5, 5.41) is 3.48. The van der Waals surface area contributed by atoms with Gasteiger partial charge in [0.15, 0.2) is 0 Å². The summed E-state index contributed by atoms with van der Waals surface area (Å²) in [6, 6.07) is 2.90. The third-order valence-electron chi connectivity index (χ3n) is 3.54. The molecule has 1 aromatic rings. The minimum Gasteiger partial charge on any atom is -0.312 e. The lowest BCUT2D eigenvalue weighted by Gasteiger charge is -2.29. The average molecular weight is 223 g/mol. The van der Waals surface area contributed by atoms with Gasteiger partial charge in [0.05, 0.1) is 0 Å². The van der Waals surface area contributed by atoms with Crippen LogP contribution in [0.4, 0.5) is 0 Å². The lowest BCUT2D eigenvalue weighted by atomic mass is 9.80. The summed E-state index contributed by atoms with van der Waals surface area (Å²) in [5.41, 5.74) is 1.47. The van der Waals surface area contributed by atoms with Gasteiger partial charge in [0.2, 0.25) is 0 Å². The molecule has 2 rings (SSSR count). The van der Waals surface area contributed by atoms with Gasteiger partial charge in [-0.25, -0.2) is 0 Å². The number of rotatable bonds is 4. The second-order valence-electron chi connectivity index (χ2n) is 4.78. The molecule has 0 radical (unpaired) electrons. The van der Waals surface area contributed by atoms with E-state index in [0.717, 1.165) is 5.92 Å². The van der Waals surface area contributed by atoms with E-state index >= 15 is 0 Å². The Kier molecular flexibility index (Phi) is 3.47. The Hall–Kier alpha value is -0.340. The largest absolute Gasteiger partial charge is 0.312 e. The summed E-state index contributed by atoms with van der Waals surface area (Å²) in [6.45, 7) is 4.45. The van der Waals surface area contributed by atoms with Gasteiger partial charge in [-0.1, -0.05) is 19.3 Å². The first-order chi connectivity index (χ1) is 7.20. The van der Waals surface area contributed by atoms with E-state index in [9.17, 15) is 0 Å². The van der Waals surface area contributed by atoms with Crippen LogP contribution in [-0.2, 0) is 0 Å². The van der Waals surface area contributed by atoms with Crippen molar-refractivity contribution < 1.29 is 0 Å². The molecule has 1 fully saturated rings. The predicted octanol–water partition coefficient (Wildman–Crippen LogP) is 3.82. The molecule has 1 unspecified atom stereocenters. The van der Waals surface area contributed by atoms with E-state index in [-0.39, 0.29) is 0 Å². The van der Waals surface area contributed by atoms with E-state index in [1.165, 1.54) is 36.1 Å². The summed E-state index contributed by atoms with van der Waals surface area (Å²) in [5.74, 6) is 0.976. The lowest BCUT2D eigenvalue weighted by Crippen LogP contribution is -2.22. The smallest absolute Gasteiger partial charge is 0.0417 e. The Morgan fingerprint density at radius 1 is 1.47 bits per heavy atom. The molecule has 0 bridgehead atoms. The molecule has 84 valence electrons. The van der Waals surface area contributed by atoms with E-state index in [1.54, 1.807) is 4.88 Å². The highest BCUT2D eigenvalue weighted by atomic mass is 32.1. The monoisotopic (exact) mass is 223 g/mol. The number of hydrogen-bond acceptors (Lipinski definition) is 2. The minimum absolute atomic E-state index is 0.592. The van der Waals surface area contributed by atoms with Crippen molar-refractivity contribution in [3.63, 3.8) is 0 Å².